The highest BCUT2D eigenvalue weighted by atomic mass is 16.7. The van der Waals surface area contributed by atoms with E-state index < -0.39 is 11.6 Å². The molecule has 0 aliphatic carbocycles. The molecule has 0 aromatic rings. The second-order valence-electron chi connectivity index (χ2n) is 2.98. The van der Waals surface area contributed by atoms with Crippen molar-refractivity contribution in [1.29, 1.82) is 0 Å². The van der Waals surface area contributed by atoms with Crippen LogP contribution in [0.4, 0.5) is 4.79 Å². The first-order valence-corrected chi connectivity index (χ1v) is 3.74. The number of rotatable bonds is 3. The Morgan fingerprint density at radius 1 is 1.58 bits per heavy atom. The number of hydrogen-bond donors (Lipinski definition) is 1. The number of ether oxygens (including phenoxy) is 2. The zero-order valence-corrected chi connectivity index (χ0v) is 6.78. The molecule has 12 heavy (non-hydrogen) atoms. The van der Waals surface area contributed by atoms with Gasteiger partial charge in [0.25, 0.3) is 0 Å². The van der Waals surface area contributed by atoms with E-state index in [9.17, 15) is 4.79 Å². The van der Waals surface area contributed by atoms with Crippen LogP contribution in [-0.2, 0) is 9.47 Å². The van der Waals surface area contributed by atoms with Crippen LogP contribution in [0, 0.1) is 5.41 Å². The van der Waals surface area contributed by atoms with Crippen molar-refractivity contribution in [3.05, 3.63) is 12.7 Å². The Labute approximate surface area is 70.8 Å². The zero-order valence-electron chi connectivity index (χ0n) is 6.78. The number of carbonyl (C=O) groups excluding carboxylic acids is 1. The van der Waals surface area contributed by atoms with Crippen LogP contribution in [0.2, 0.25) is 0 Å². The molecule has 1 aliphatic heterocycles. The molecular weight excluding hydrogens is 160 g/mol. The van der Waals surface area contributed by atoms with Gasteiger partial charge in [0, 0.05) is 0 Å². The van der Waals surface area contributed by atoms with E-state index in [0.717, 1.165) is 0 Å². The smallest absolute Gasteiger partial charge is 0.433 e. The minimum atomic E-state index is -0.664. The van der Waals surface area contributed by atoms with Crippen molar-refractivity contribution in [3.63, 3.8) is 0 Å². The maximum Gasteiger partial charge on any atom is 0.508 e. The van der Waals surface area contributed by atoms with Crippen LogP contribution < -0.4 is 0 Å². The third kappa shape index (κ3) is 1.76. The molecule has 4 heteroatoms. The molecular formula is C8H12O4. The molecule has 0 saturated carbocycles. The number of hydrogen-bond acceptors (Lipinski definition) is 4. The van der Waals surface area contributed by atoms with Crippen molar-refractivity contribution in [3.8, 4) is 0 Å². The largest absolute Gasteiger partial charge is 0.508 e. The van der Waals surface area contributed by atoms with Gasteiger partial charge in [0.2, 0.25) is 0 Å². The van der Waals surface area contributed by atoms with E-state index in [1.54, 1.807) is 6.08 Å². The summed E-state index contributed by atoms with van der Waals surface area (Å²) in [6.45, 7) is 3.90. The third-order valence-corrected chi connectivity index (χ3v) is 1.91. The van der Waals surface area contributed by atoms with E-state index >= 15 is 0 Å². The lowest BCUT2D eigenvalue weighted by atomic mass is 9.87. The van der Waals surface area contributed by atoms with Crippen molar-refractivity contribution in [2.75, 3.05) is 19.8 Å². The molecule has 0 aromatic carbocycles. The van der Waals surface area contributed by atoms with Crippen molar-refractivity contribution in [2.45, 2.75) is 6.42 Å². The number of aliphatic hydroxyl groups excluding tert-OH is 1. The predicted octanol–water partition coefficient (Wildman–Crippen LogP) is 0.708. The molecule has 1 aliphatic rings. The van der Waals surface area contributed by atoms with E-state index in [2.05, 4.69) is 16.1 Å². The van der Waals surface area contributed by atoms with Crippen molar-refractivity contribution in [1.82, 2.24) is 0 Å². The second-order valence-corrected chi connectivity index (χ2v) is 2.98. The van der Waals surface area contributed by atoms with Gasteiger partial charge in [-0.3, -0.25) is 0 Å². The van der Waals surface area contributed by atoms with Crippen LogP contribution >= 0.6 is 0 Å². The fraction of sp³-hybridized carbons (Fsp3) is 0.625. The van der Waals surface area contributed by atoms with Gasteiger partial charge in [-0.1, -0.05) is 6.08 Å². The summed E-state index contributed by atoms with van der Waals surface area (Å²) >= 11 is 0. The first-order chi connectivity index (χ1) is 5.72. The molecule has 0 unspecified atom stereocenters. The summed E-state index contributed by atoms with van der Waals surface area (Å²) in [5.74, 6) is 0. The van der Waals surface area contributed by atoms with Crippen LogP contribution in [0.5, 0.6) is 0 Å². The monoisotopic (exact) mass is 172 g/mol. The lowest BCUT2D eigenvalue weighted by Gasteiger charge is -2.32. The molecule has 1 rings (SSSR count). The Hall–Kier alpha value is -1.03. The highest BCUT2D eigenvalue weighted by molar-refractivity contribution is 5.60. The number of cyclic esters (lactones) is 2. The Morgan fingerprint density at radius 2 is 2.17 bits per heavy atom. The van der Waals surface area contributed by atoms with Gasteiger partial charge in [-0.15, -0.1) is 6.58 Å². The molecule has 0 amide bonds. The molecule has 1 saturated heterocycles. The minimum Gasteiger partial charge on any atom is -0.433 e. The van der Waals surface area contributed by atoms with Gasteiger partial charge in [0.1, 0.15) is 13.2 Å². The average molecular weight is 172 g/mol. The van der Waals surface area contributed by atoms with Crippen LogP contribution in [0.25, 0.3) is 0 Å². The Kier molecular flexibility index (Phi) is 2.70. The summed E-state index contributed by atoms with van der Waals surface area (Å²) < 4.78 is 9.34. The quantitative estimate of drug-likeness (QED) is 0.503. The highest BCUT2D eigenvalue weighted by Crippen LogP contribution is 2.26. The van der Waals surface area contributed by atoms with Crippen LogP contribution in [0.1, 0.15) is 6.42 Å². The first-order valence-electron chi connectivity index (χ1n) is 3.74. The predicted molar refractivity (Wildman–Crippen MR) is 41.6 cm³/mol. The molecule has 68 valence electrons. The fourth-order valence-corrected chi connectivity index (χ4v) is 1.09. The van der Waals surface area contributed by atoms with Gasteiger partial charge in [0.05, 0.1) is 12.0 Å². The summed E-state index contributed by atoms with van der Waals surface area (Å²) in [4.78, 5) is 10.5. The maximum atomic E-state index is 10.5. The van der Waals surface area contributed by atoms with Gasteiger partial charge >= 0.3 is 6.16 Å². The summed E-state index contributed by atoms with van der Waals surface area (Å²) in [6, 6.07) is 0. The van der Waals surface area contributed by atoms with E-state index in [1.807, 2.05) is 0 Å². The highest BCUT2D eigenvalue weighted by Gasteiger charge is 2.36. The normalized spacial score (nSPS) is 20.9. The van der Waals surface area contributed by atoms with Gasteiger partial charge in [0.15, 0.2) is 0 Å². The lowest BCUT2D eigenvalue weighted by molar-refractivity contribution is -0.0786. The number of aliphatic hydroxyl groups is 1. The average Bonchev–Trinajstić information content (AvgIpc) is 2.10. The molecule has 1 fully saturated rings. The molecule has 0 aromatic heterocycles. The molecule has 0 radical (unpaired) electrons. The van der Waals surface area contributed by atoms with Crippen LogP contribution in [0.15, 0.2) is 12.7 Å². The summed E-state index contributed by atoms with van der Waals surface area (Å²) in [7, 11) is 0. The van der Waals surface area contributed by atoms with E-state index in [4.69, 9.17) is 5.11 Å². The van der Waals surface area contributed by atoms with Crippen molar-refractivity contribution >= 4 is 6.16 Å². The Bertz CT molecular complexity index is 177. The SMILES string of the molecule is C=CCC1(CO)COC(=O)OC1. The van der Waals surface area contributed by atoms with E-state index in [0.29, 0.717) is 6.42 Å². The van der Waals surface area contributed by atoms with Crippen LogP contribution in [-0.4, -0.2) is 31.1 Å². The third-order valence-electron chi connectivity index (χ3n) is 1.91. The molecule has 0 bridgehead atoms. The van der Waals surface area contributed by atoms with Gasteiger partial charge in [-0.05, 0) is 6.42 Å². The van der Waals surface area contributed by atoms with Gasteiger partial charge < -0.3 is 14.6 Å². The standard InChI is InChI=1S/C8H12O4/c1-2-3-8(4-9)5-11-7(10)12-6-8/h2,9H,1,3-6H2. The number of carbonyl (C=O) groups is 1. The van der Waals surface area contributed by atoms with Gasteiger partial charge in [-0.25, -0.2) is 4.79 Å². The van der Waals surface area contributed by atoms with Crippen LogP contribution in [0.3, 0.4) is 0 Å². The Balaban J connectivity index is 2.56. The van der Waals surface area contributed by atoms with Gasteiger partial charge in [-0.2, -0.15) is 0 Å². The Morgan fingerprint density at radius 3 is 2.58 bits per heavy atom. The zero-order chi connectivity index (χ0) is 9.03. The fourth-order valence-electron chi connectivity index (χ4n) is 1.09. The topological polar surface area (TPSA) is 55.8 Å². The van der Waals surface area contributed by atoms with E-state index in [1.165, 1.54) is 0 Å². The summed E-state index contributed by atoms with van der Waals surface area (Å²) in [5.41, 5.74) is -0.477. The molecule has 1 N–H and O–H groups in total. The maximum absolute atomic E-state index is 10.5. The molecule has 4 nitrogen and oxygen atoms in total. The molecule has 0 atom stereocenters. The van der Waals surface area contributed by atoms with E-state index in [-0.39, 0.29) is 19.8 Å². The molecule has 1 heterocycles. The van der Waals surface area contributed by atoms with Crippen molar-refractivity contribution < 1.29 is 19.4 Å². The van der Waals surface area contributed by atoms with Crippen molar-refractivity contribution in [2.24, 2.45) is 5.41 Å². The lowest BCUT2D eigenvalue weighted by Crippen LogP contribution is -2.41. The number of allylic oxidation sites excluding steroid dienone is 1. The minimum absolute atomic E-state index is 0.0632. The summed E-state index contributed by atoms with van der Waals surface area (Å²) in [6.07, 6.45) is 1.60. The summed E-state index contributed by atoms with van der Waals surface area (Å²) in [5, 5.41) is 9.04. The molecule has 0 spiro atoms. The second kappa shape index (κ2) is 3.58. The first kappa shape index (κ1) is 9.06.